The molecule has 0 bridgehead atoms. The zero-order chi connectivity index (χ0) is 44.6. The number of allylic oxidation sites excluding steroid dienone is 10. The first-order valence-electron chi connectivity index (χ1n) is 24.8. The van der Waals surface area contributed by atoms with Crippen LogP contribution in [-0.4, -0.2) is 49.3 Å². The number of carbonyl (C=O) groups excluding carboxylic acids is 2. The maximum Gasteiger partial charge on any atom is 0.472 e. The lowest BCUT2D eigenvalue weighted by molar-refractivity contribution is -0.161. The highest BCUT2D eigenvalue weighted by molar-refractivity contribution is 7.47. The average Bonchev–Trinajstić information content (AvgIpc) is 3.25. The fraction of sp³-hybridized carbons (Fsp3) is 0.765. The van der Waals surface area contributed by atoms with Crippen LogP contribution in [0.5, 0.6) is 0 Å². The number of esters is 2. The lowest BCUT2D eigenvalue weighted by Gasteiger charge is -2.19. The predicted molar refractivity (Wildman–Crippen MR) is 256 cm³/mol. The molecule has 0 aromatic rings. The molecule has 0 spiro atoms. The summed E-state index contributed by atoms with van der Waals surface area (Å²) in [6.45, 7) is 3.68. The van der Waals surface area contributed by atoms with E-state index in [-0.39, 0.29) is 32.6 Å². The topological polar surface area (TPSA) is 134 Å². The van der Waals surface area contributed by atoms with Crippen LogP contribution in [-0.2, 0) is 32.7 Å². The molecule has 2 atom stereocenters. The predicted octanol–water partition coefficient (Wildman–Crippen LogP) is 14.8. The van der Waals surface area contributed by atoms with E-state index >= 15 is 0 Å². The molecule has 0 saturated carbocycles. The fourth-order valence-electron chi connectivity index (χ4n) is 6.67. The van der Waals surface area contributed by atoms with Gasteiger partial charge in [-0.3, -0.25) is 18.6 Å². The molecule has 0 aliphatic heterocycles. The molecule has 0 aliphatic carbocycles. The summed E-state index contributed by atoms with van der Waals surface area (Å²) in [4.78, 5) is 35.0. The van der Waals surface area contributed by atoms with Gasteiger partial charge in [0.1, 0.15) is 6.61 Å². The molecule has 3 N–H and O–H groups in total. The number of phosphoric ester groups is 1. The van der Waals surface area contributed by atoms with Gasteiger partial charge in [-0.05, 0) is 83.5 Å². The standard InChI is InChI=1S/C51H92NO8P/c1-3-5-7-9-11-13-15-17-19-21-23-24-26-27-29-31-33-35-37-39-41-43-50(53)57-47-49(48-59-61(55,56)58-46-45-52)60-51(54)44-42-40-38-36-34-32-30-28-25-22-20-18-16-14-12-10-8-6-4-2/h12,14,17-20,25,28,32,34,49H,3-11,13,15-16,21-24,26-27,29-31,33,35-48,52H2,1-2H3,(H,55,56)/b14-12+,19-17+,20-18+,28-25+,34-32+/t49-/m1/s1. The normalized spacial score (nSPS) is 13.7. The highest BCUT2D eigenvalue weighted by Crippen LogP contribution is 2.43. The third kappa shape index (κ3) is 47.0. The second-order valence-corrected chi connectivity index (χ2v) is 17.8. The minimum absolute atomic E-state index is 0.0458. The van der Waals surface area contributed by atoms with Crippen molar-refractivity contribution in [2.45, 2.75) is 225 Å². The summed E-state index contributed by atoms with van der Waals surface area (Å²) in [6, 6.07) is 0. The summed E-state index contributed by atoms with van der Waals surface area (Å²) >= 11 is 0. The van der Waals surface area contributed by atoms with Crippen LogP contribution < -0.4 is 5.73 Å². The maximum absolute atomic E-state index is 12.6. The van der Waals surface area contributed by atoms with E-state index in [9.17, 15) is 19.0 Å². The molecule has 10 heteroatoms. The maximum atomic E-state index is 12.6. The fourth-order valence-corrected chi connectivity index (χ4v) is 7.44. The van der Waals surface area contributed by atoms with Gasteiger partial charge < -0.3 is 20.1 Å². The Morgan fingerprint density at radius 1 is 0.492 bits per heavy atom. The van der Waals surface area contributed by atoms with E-state index in [4.69, 9.17) is 24.3 Å². The highest BCUT2D eigenvalue weighted by Gasteiger charge is 2.26. The summed E-state index contributed by atoms with van der Waals surface area (Å²) < 4.78 is 32.9. The van der Waals surface area contributed by atoms with E-state index < -0.39 is 32.5 Å². The van der Waals surface area contributed by atoms with Gasteiger partial charge in [0.05, 0.1) is 13.2 Å². The Morgan fingerprint density at radius 3 is 1.33 bits per heavy atom. The molecular weight excluding hydrogens is 786 g/mol. The van der Waals surface area contributed by atoms with Gasteiger partial charge in [0.15, 0.2) is 6.10 Å². The third-order valence-electron chi connectivity index (χ3n) is 10.4. The molecule has 0 amide bonds. The van der Waals surface area contributed by atoms with Crippen LogP contribution >= 0.6 is 7.82 Å². The van der Waals surface area contributed by atoms with Crippen molar-refractivity contribution >= 4 is 19.8 Å². The molecule has 0 aromatic carbocycles. The van der Waals surface area contributed by atoms with Crippen LogP contribution in [0.2, 0.25) is 0 Å². The van der Waals surface area contributed by atoms with Crippen molar-refractivity contribution in [3.05, 3.63) is 60.8 Å². The van der Waals surface area contributed by atoms with Crippen molar-refractivity contribution in [3.8, 4) is 0 Å². The van der Waals surface area contributed by atoms with Crippen LogP contribution in [0.15, 0.2) is 60.8 Å². The van der Waals surface area contributed by atoms with Crippen LogP contribution in [0.25, 0.3) is 0 Å². The van der Waals surface area contributed by atoms with Gasteiger partial charge in [-0.15, -0.1) is 0 Å². The molecule has 0 radical (unpaired) electrons. The number of rotatable bonds is 46. The Hall–Kier alpha value is -2.29. The van der Waals surface area contributed by atoms with Crippen LogP contribution in [0.3, 0.4) is 0 Å². The van der Waals surface area contributed by atoms with Crippen LogP contribution in [0.1, 0.15) is 219 Å². The summed E-state index contributed by atoms with van der Waals surface area (Å²) in [5, 5.41) is 0. The van der Waals surface area contributed by atoms with Gasteiger partial charge in [-0.2, -0.15) is 0 Å². The average molecular weight is 878 g/mol. The minimum Gasteiger partial charge on any atom is -0.462 e. The Labute approximate surface area is 374 Å². The van der Waals surface area contributed by atoms with Crippen molar-refractivity contribution in [1.29, 1.82) is 0 Å². The molecule has 0 heterocycles. The van der Waals surface area contributed by atoms with Gasteiger partial charge in [-0.1, -0.05) is 184 Å². The van der Waals surface area contributed by atoms with E-state index in [2.05, 4.69) is 74.6 Å². The first-order chi connectivity index (χ1) is 29.8. The van der Waals surface area contributed by atoms with Gasteiger partial charge >= 0.3 is 19.8 Å². The largest absolute Gasteiger partial charge is 0.472 e. The van der Waals surface area contributed by atoms with Crippen molar-refractivity contribution in [2.24, 2.45) is 5.73 Å². The van der Waals surface area contributed by atoms with E-state index in [1.807, 2.05) is 0 Å². The summed E-state index contributed by atoms with van der Waals surface area (Å²) in [6.07, 6.45) is 56.8. The van der Waals surface area contributed by atoms with Crippen molar-refractivity contribution in [1.82, 2.24) is 0 Å². The number of hydrogen-bond acceptors (Lipinski definition) is 8. The second-order valence-electron chi connectivity index (χ2n) is 16.3. The summed E-state index contributed by atoms with van der Waals surface area (Å²) in [7, 11) is -4.39. The van der Waals surface area contributed by atoms with E-state index in [1.165, 1.54) is 128 Å². The highest BCUT2D eigenvalue weighted by atomic mass is 31.2. The van der Waals surface area contributed by atoms with E-state index in [0.717, 1.165) is 57.8 Å². The van der Waals surface area contributed by atoms with Gasteiger partial charge in [0.2, 0.25) is 0 Å². The number of ether oxygens (including phenoxy) is 2. The smallest absolute Gasteiger partial charge is 0.462 e. The van der Waals surface area contributed by atoms with Crippen LogP contribution in [0, 0.1) is 0 Å². The number of phosphoric acid groups is 1. The minimum atomic E-state index is -4.39. The molecule has 0 saturated heterocycles. The first-order valence-corrected chi connectivity index (χ1v) is 26.3. The van der Waals surface area contributed by atoms with Crippen molar-refractivity contribution < 1.29 is 37.6 Å². The zero-order valence-electron chi connectivity index (χ0n) is 39.1. The molecule has 61 heavy (non-hydrogen) atoms. The van der Waals surface area contributed by atoms with Gasteiger partial charge in [0.25, 0.3) is 0 Å². The number of hydrogen-bond donors (Lipinski definition) is 2. The van der Waals surface area contributed by atoms with Crippen molar-refractivity contribution in [2.75, 3.05) is 26.4 Å². The molecule has 0 aliphatic rings. The molecule has 0 rings (SSSR count). The molecule has 9 nitrogen and oxygen atoms in total. The third-order valence-corrected chi connectivity index (χ3v) is 11.4. The second kappa shape index (κ2) is 47.2. The van der Waals surface area contributed by atoms with E-state index in [1.54, 1.807) is 0 Å². The molecular formula is C51H92NO8P. The van der Waals surface area contributed by atoms with Crippen molar-refractivity contribution in [3.63, 3.8) is 0 Å². The Morgan fingerprint density at radius 2 is 0.852 bits per heavy atom. The lowest BCUT2D eigenvalue weighted by Crippen LogP contribution is -2.29. The quantitative estimate of drug-likeness (QED) is 0.0265. The van der Waals surface area contributed by atoms with Gasteiger partial charge in [0, 0.05) is 19.4 Å². The zero-order valence-corrected chi connectivity index (χ0v) is 40.0. The molecule has 354 valence electrons. The number of carbonyl (C=O) groups is 2. The molecule has 0 aromatic heterocycles. The van der Waals surface area contributed by atoms with Crippen LogP contribution in [0.4, 0.5) is 0 Å². The van der Waals surface area contributed by atoms with E-state index in [0.29, 0.717) is 6.42 Å². The van der Waals surface area contributed by atoms with Gasteiger partial charge in [-0.25, -0.2) is 4.57 Å². The first kappa shape index (κ1) is 58.7. The monoisotopic (exact) mass is 878 g/mol. The lowest BCUT2D eigenvalue weighted by atomic mass is 10.0. The molecule has 1 unspecified atom stereocenters. The SMILES string of the molecule is CCCCC/C=C/C/C=C/C/C=C/C/C=C/CCCCCC(=O)O[C@H](COC(=O)CCCCCCCCCCCCC/C=C/CCCCCCCC)COP(=O)(O)OCCN. The summed E-state index contributed by atoms with van der Waals surface area (Å²) in [5.74, 6) is -0.863. The molecule has 0 fully saturated rings. The summed E-state index contributed by atoms with van der Waals surface area (Å²) in [5.41, 5.74) is 5.36. The Kier molecular flexibility index (Phi) is 45.4. The Balaban J connectivity index is 4.13. The number of nitrogens with two attached hydrogens (primary N) is 1. The number of unbranched alkanes of at least 4 members (excludes halogenated alkanes) is 23. The Bertz CT molecular complexity index is 1180.